The van der Waals surface area contributed by atoms with E-state index in [2.05, 4.69) is 28.9 Å². The second-order valence-electron chi connectivity index (χ2n) is 8.74. The molecule has 2 heterocycles. The predicted octanol–water partition coefficient (Wildman–Crippen LogP) is 6.21. The van der Waals surface area contributed by atoms with Crippen molar-refractivity contribution in [3.8, 4) is 11.3 Å². The highest BCUT2D eigenvalue weighted by molar-refractivity contribution is 5.99. The first-order chi connectivity index (χ1) is 14.5. The topological polar surface area (TPSA) is 54.3 Å². The molecule has 4 nitrogen and oxygen atoms in total. The Morgan fingerprint density at radius 1 is 1.13 bits per heavy atom. The van der Waals surface area contributed by atoms with E-state index >= 15 is 4.39 Å². The van der Waals surface area contributed by atoms with Gasteiger partial charge in [-0.2, -0.15) is 0 Å². The SMILES string of the molecule is CC1CCn2c(c(C3CCCC[C@@H]3F)c3ccc(C(=O)O)cc32)-c2ccccc2N1. The number of fused-ring (bicyclic) bond motifs is 5. The third-order valence-electron chi connectivity index (χ3n) is 6.77. The first kappa shape index (κ1) is 19.2. The molecule has 5 heteroatoms. The summed E-state index contributed by atoms with van der Waals surface area (Å²) >= 11 is 0. The summed E-state index contributed by atoms with van der Waals surface area (Å²) < 4.78 is 17.5. The van der Waals surface area contributed by atoms with Gasteiger partial charge in [0, 0.05) is 40.7 Å². The van der Waals surface area contributed by atoms with Crippen LogP contribution in [0.25, 0.3) is 22.2 Å². The van der Waals surface area contributed by atoms with Crippen LogP contribution in [0.2, 0.25) is 0 Å². The smallest absolute Gasteiger partial charge is 0.335 e. The second-order valence-corrected chi connectivity index (χ2v) is 8.74. The van der Waals surface area contributed by atoms with Gasteiger partial charge in [-0.05, 0) is 49.9 Å². The molecule has 1 aliphatic heterocycles. The highest BCUT2D eigenvalue weighted by Gasteiger charge is 2.34. The minimum absolute atomic E-state index is 0.155. The van der Waals surface area contributed by atoms with E-state index in [4.69, 9.17) is 0 Å². The van der Waals surface area contributed by atoms with E-state index in [1.54, 1.807) is 12.1 Å². The number of halogens is 1. The number of aromatic nitrogens is 1. The van der Waals surface area contributed by atoms with Crippen LogP contribution in [-0.2, 0) is 6.54 Å². The molecule has 2 aromatic carbocycles. The van der Waals surface area contributed by atoms with Crippen molar-refractivity contribution in [3.05, 3.63) is 53.6 Å². The fraction of sp³-hybridized carbons (Fsp3) is 0.400. The van der Waals surface area contributed by atoms with Crippen LogP contribution in [0, 0.1) is 0 Å². The number of aromatic carboxylic acids is 1. The van der Waals surface area contributed by atoms with Crippen LogP contribution in [0.15, 0.2) is 42.5 Å². The van der Waals surface area contributed by atoms with Gasteiger partial charge in [0.25, 0.3) is 0 Å². The van der Waals surface area contributed by atoms with Crippen molar-refractivity contribution in [3.63, 3.8) is 0 Å². The van der Waals surface area contributed by atoms with E-state index in [1.807, 2.05) is 18.2 Å². The summed E-state index contributed by atoms with van der Waals surface area (Å²) in [6.07, 6.45) is 3.44. The van der Waals surface area contributed by atoms with Gasteiger partial charge < -0.3 is 15.0 Å². The van der Waals surface area contributed by atoms with Crippen molar-refractivity contribution in [2.45, 2.75) is 63.7 Å². The van der Waals surface area contributed by atoms with Crippen LogP contribution in [-0.4, -0.2) is 27.9 Å². The molecule has 30 heavy (non-hydrogen) atoms. The van der Waals surface area contributed by atoms with Crippen LogP contribution in [0.4, 0.5) is 10.1 Å². The normalized spacial score (nSPS) is 23.7. The van der Waals surface area contributed by atoms with Crippen LogP contribution < -0.4 is 5.32 Å². The minimum Gasteiger partial charge on any atom is -0.478 e. The van der Waals surface area contributed by atoms with E-state index in [-0.39, 0.29) is 17.5 Å². The second kappa shape index (κ2) is 7.46. The molecule has 0 spiro atoms. The number of anilines is 1. The molecule has 2 unspecified atom stereocenters. The molecule has 0 bridgehead atoms. The molecular formula is C25H27FN2O2. The van der Waals surface area contributed by atoms with Crippen molar-refractivity contribution in [2.24, 2.45) is 0 Å². The first-order valence-corrected chi connectivity index (χ1v) is 10.9. The molecule has 156 valence electrons. The predicted molar refractivity (Wildman–Crippen MR) is 118 cm³/mol. The molecule has 0 saturated heterocycles. The number of nitrogens with zero attached hydrogens (tertiary/aromatic N) is 1. The maximum absolute atomic E-state index is 15.2. The zero-order valence-corrected chi connectivity index (χ0v) is 17.2. The number of hydrogen-bond acceptors (Lipinski definition) is 2. The highest BCUT2D eigenvalue weighted by Crippen LogP contribution is 2.47. The lowest BCUT2D eigenvalue weighted by Crippen LogP contribution is -2.22. The number of carboxylic acid groups (broad SMARTS) is 1. The van der Waals surface area contributed by atoms with Crippen molar-refractivity contribution in [1.82, 2.24) is 4.57 Å². The minimum atomic E-state index is -0.934. The van der Waals surface area contributed by atoms with Crippen LogP contribution >= 0.6 is 0 Å². The molecule has 2 aliphatic rings. The molecular weight excluding hydrogens is 379 g/mol. The Hall–Kier alpha value is -2.82. The lowest BCUT2D eigenvalue weighted by molar-refractivity contribution is 0.0697. The number of benzene rings is 2. The van der Waals surface area contributed by atoms with Gasteiger partial charge in [0.1, 0.15) is 6.17 Å². The average Bonchev–Trinajstić information content (AvgIpc) is 3.04. The summed E-state index contributed by atoms with van der Waals surface area (Å²) in [4.78, 5) is 11.7. The number of hydrogen-bond donors (Lipinski definition) is 2. The standard InChI is InChI=1S/C25H27FN2O2/c1-15-12-13-28-22-14-16(25(29)30)10-11-19(22)23(17-6-2-4-8-20(17)26)24(28)18-7-3-5-9-21(18)27-15/h3,5,7,9-11,14-15,17,20,27H,2,4,6,8,12-13H2,1H3,(H,29,30)/t15?,17?,20-/m0/s1. The van der Waals surface area contributed by atoms with Gasteiger partial charge in [-0.1, -0.05) is 37.1 Å². The number of carbonyl (C=O) groups is 1. The lowest BCUT2D eigenvalue weighted by Gasteiger charge is -2.29. The number of aryl methyl sites for hydroxylation is 1. The Bertz CT molecular complexity index is 1120. The summed E-state index contributed by atoms with van der Waals surface area (Å²) in [6, 6.07) is 13.8. The summed E-state index contributed by atoms with van der Waals surface area (Å²) in [6.45, 7) is 2.93. The molecule has 5 rings (SSSR count). The number of alkyl halides is 1. The number of nitrogens with one attached hydrogen (secondary N) is 1. The van der Waals surface area contributed by atoms with Gasteiger partial charge in [-0.25, -0.2) is 9.18 Å². The summed E-state index contributed by atoms with van der Waals surface area (Å²) in [7, 11) is 0. The maximum atomic E-state index is 15.2. The Balaban J connectivity index is 1.85. The zero-order chi connectivity index (χ0) is 20.8. The van der Waals surface area contributed by atoms with Crippen LogP contribution in [0.3, 0.4) is 0 Å². The van der Waals surface area contributed by atoms with Gasteiger partial charge in [0.15, 0.2) is 0 Å². The molecule has 3 aromatic rings. The number of rotatable bonds is 2. The summed E-state index contributed by atoms with van der Waals surface area (Å²) in [5.74, 6) is -1.09. The molecule has 2 N–H and O–H groups in total. The monoisotopic (exact) mass is 406 g/mol. The van der Waals surface area contributed by atoms with E-state index in [1.165, 1.54) is 0 Å². The molecule has 1 fully saturated rings. The molecule has 1 aliphatic carbocycles. The van der Waals surface area contributed by atoms with Crippen molar-refractivity contribution in [2.75, 3.05) is 5.32 Å². The quantitative estimate of drug-likeness (QED) is 0.532. The third-order valence-corrected chi connectivity index (χ3v) is 6.77. The molecule has 1 aromatic heterocycles. The Morgan fingerprint density at radius 2 is 1.93 bits per heavy atom. The van der Waals surface area contributed by atoms with Gasteiger partial charge >= 0.3 is 5.97 Å². The Morgan fingerprint density at radius 3 is 2.73 bits per heavy atom. The molecule has 3 atom stereocenters. The van der Waals surface area contributed by atoms with Crippen molar-refractivity contribution in [1.29, 1.82) is 0 Å². The van der Waals surface area contributed by atoms with E-state index < -0.39 is 12.1 Å². The highest BCUT2D eigenvalue weighted by atomic mass is 19.1. The van der Waals surface area contributed by atoms with Gasteiger partial charge in [-0.15, -0.1) is 0 Å². The van der Waals surface area contributed by atoms with E-state index in [0.29, 0.717) is 6.42 Å². The van der Waals surface area contributed by atoms with E-state index in [0.717, 1.165) is 65.6 Å². The lowest BCUT2D eigenvalue weighted by atomic mass is 9.80. The summed E-state index contributed by atoms with van der Waals surface area (Å²) in [5.41, 5.74) is 5.41. The Kier molecular flexibility index (Phi) is 4.76. The van der Waals surface area contributed by atoms with Crippen molar-refractivity contribution < 1.29 is 14.3 Å². The van der Waals surface area contributed by atoms with Crippen molar-refractivity contribution >= 4 is 22.6 Å². The molecule has 0 radical (unpaired) electrons. The van der Waals surface area contributed by atoms with Gasteiger partial charge in [0.05, 0.1) is 11.3 Å². The van der Waals surface area contributed by atoms with E-state index in [9.17, 15) is 9.90 Å². The fourth-order valence-electron chi connectivity index (χ4n) is 5.29. The fourth-order valence-corrected chi connectivity index (χ4v) is 5.29. The average molecular weight is 407 g/mol. The third kappa shape index (κ3) is 3.08. The van der Waals surface area contributed by atoms with Gasteiger partial charge in [-0.3, -0.25) is 0 Å². The zero-order valence-electron chi connectivity index (χ0n) is 17.2. The maximum Gasteiger partial charge on any atom is 0.335 e. The van der Waals surface area contributed by atoms with Crippen LogP contribution in [0.5, 0.6) is 0 Å². The number of carboxylic acids is 1. The largest absolute Gasteiger partial charge is 0.478 e. The van der Waals surface area contributed by atoms with Gasteiger partial charge in [0.2, 0.25) is 0 Å². The first-order valence-electron chi connectivity index (χ1n) is 10.9. The Labute approximate surface area is 175 Å². The number of para-hydroxylation sites is 1. The molecule has 1 saturated carbocycles. The van der Waals surface area contributed by atoms with Crippen LogP contribution in [0.1, 0.15) is 60.9 Å². The summed E-state index contributed by atoms with van der Waals surface area (Å²) in [5, 5.41) is 14.2. The molecule has 0 amide bonds.